The van der Waals surface area contributed by atoms with E-state index < -0.39 is 4.92 Å². The summed E-state index contributed by atoms with van der Waals surface area (Å²) in [5, 5.41) is 13.8. The zero-order chi connectivity index (χ0) is 13.0. The highest BCUT2D eigenvalue weighted by Crippen LogP contribution is 2.30. The van der Waals surface area contributed by atoms with Gasteiger partial charge in [0.05, 0.1) is 11.0 Å². The van der Waals surface area contributed by atoms with Crippen LogP contribution in [0, 0.1) is 20.9 Å². The molecule has 0 aliphatic heterocycles. The molecule has 0 amide bonds. The molecule has 1 aliphatic rings. The maximum Gasteiger partial charge on any atom is 0.269 e. The van der Waals surface area contributed by atoms with Gasteiger partial charge < -0.3 is 0 Å². The molecule has 0 spiro atoms. The number of rotatable bonds is 4. The molecule has 1 aliphatic carbocycles. The Hall–Kier alpha value is -1.78. The highest BCUT2D eigenvalue weighted by Gasteiger charge is 2.26. The molecule has 2 rings (SSSR count). The first-order chi connectivity index (χ1) is 8.70. The van der Waals surface area contributed by atoms with Crippen LogP contribution in [0.1, 0.15) is 31.2 Å². The third kappa shape index (κ3) is 2.91. The van der Waals surface area contributed by atoms with Crippen molar-refractivity contribution in [3.8, 4) is 0 Å². The average molecular weight is 248 g/mol. The average Bonchev–Trinajstić information content (AvgIpc) is 2.40. The van der Waals surface area contributed by atoms with E-state index in [2.05, 4.69) is 5.18 Å². The first-order valence-electron chi connectivity index (χ1n) is 6.26. The molecule has 18 heavy (non-hydrogen) atoms. The molecule has 0 bridgehead atoms. The van der Waals surface area contributed by atoms with Gasteiger partial charge in [-0.2, -0.15) is 4.91 Å². The van der Waals surface area contributed by atoms with Crippen molar-refractivity contribution >= 4 is 5.69 Å². The molecule has 0 N–H and O–H groups in total. The first kappa shape index (κ1) is 12.7. The summed E-state index contributed by atoms with van der Waals surface area (Å²) in [5.74, 6) is 0.290. The monoisotopic (exact) mass is 248 g/mol. The summed E-state index contributed by atoms with van der Waals surface area (Å²) in [6.45, 7) is 0. The second-order valence-electron chi connectivity index (χ2n) is 4.84. The molecule has 0 aromatic heterocycles. The molecule has 0 heterocycles. The third-order valence-corrected chi connectivity index (χ3v) is 3.65. The lowest BCUT2D eigenvalue weighted by Crippen LogP contribution is -2.24. The predicted octanol–water partition coefficient (Wildman–Crippen LogP) is 3.46. The van der Waals surface area contributed by atoms with Crippen LogP contribution in [0.4, 0.5) is 5.69 Å². The molecule has 2 atom stereocenters. The molecular weight excluding hydrogens is 232 g/mol. The van der Waals surface area contributed by atoms with Crippen molar-refractivity contribution in [2.24, 2.45) is 11.1 Å². The predicted molar refractivity (Wildman–Crippen MR) is 68.3 cm³/mol. The Bertz CT molecular complexity index is 430. The summed E-state index contributed by atoms with van der Waals surface area (Å²) in [6, 6.07) is 6.49. The second-order valence-corrected chi connectivity index (χ2v) is 4.84. The largest absolute Gasteiger partial charge is 0.269 e. The van der Waals surface area contributed by atoms with Crippen molar-refractivity contribution in [1.82, 2.24) is 0 Å². The van der Waals surface area contributed by atoms with Crippen molar-refractivity contribution in [3.63, 3.8) is 0 Å². The Morgan fingerprint density at radius 1 is 1.22 bits per heavy atom. The van der Waals surface area contributed by atoms with Gasteiger partial charge in [-0.3, -0.25) is 10.1 Å². The summed E-state index contributed by atoms with van der Waals surface area (Å²) in [4.78, 5) is 20.9. The van der Waals surface area contributed by atoms with E-state index in [9.17, 15) is 15.0 Å². The minimum atomic E-state index is -0.403. The zero-order valence-corrected chi connectivity index (χ0v) is 10.1. The fraction of sp³-hybridized carbons (Fsp3) is 0.538. The molecule has 5 nitrogen and oxygen atoms in total. The van der Waals surface area contributed by atoms with Crippen LogP contribution in [0.3, 0.4) is 0 Å². The van der Waals surface area contributed by atoms with E-state index in [4.69, 9.17) is 0 Å². The van der Waals surface area contributed by atoms with Crippen molar-refractivity contribution in [3.05, 3.63) is 44.9 Å². The SMILES string of the molecule is O=NC1CCCC[C@@H]1Cc1ccc([N+](=O)[O-])cc1. The number of nitro benzene ring substituents is 1. The molecular formula is C13H16N2O3. The standard InChI is InChI=1S/C13H16N2O3/c16-14-13-4-2-1-3-11(13)9-10-5-7-12(8-6-10)15(17)18/h5-8,11,13H,1-4,9H2/t11-,13?/m1/s1. The highest BCUT2D eigenvalue weighted by atomic mass is 16.6. The van der Waals surface area contributed by atoms with Gasteiger partial charge in [0.2, 0.25) is 0 Å². The highest BCUT2D eigenvalue weighted by molar-refractivity contribution is 5.33. The fourth-order valence-electron chi connectivity index (χ4n) is 2.62. The topological polar surface area (TPSA) is 72.6 Å². The van der Waals surface area contributed by atoms with E-state index in [0.29, 0.717) is 0 Å². The zero-order valence-electron chi connectivity index (χ0n) is 10.1. The smallest absolute Gasteiger partial charge is 0.258 e. The second kappa shape index (κ2) is 5.71. The maximum atomic E-state index is 10.8. The molecule has 1 fully saturated rings. The molecule has 1 saturated carbocycles. The van der Waals surface area contributed by atoms with Crippen LogP contribution < -0.4 is 0 Å². The lowest BCUT2D eigenvalue weighted by Gasteiger charge is -2.26. The summed E-state index contributed by atoms with van der Waals surface area (Å²) < 4.78 is 0. The first-order valence-corrected chi connectivity index (χ1v) is 6.26. The minimum Gasteiger partial charge on any atom is -0.258 e. The molecule has 0 saturated heterocycles. The molecule has 1 aromatic rings. The molecule has 0 radical (unpaired) electrons. The number of hydrogen-bond donors (Lipinski definition) is 0. The number of hydrogen-bond acceptors (Lipinski definition) is 4. The summed E-state index contributed by atoms with van der Waals surface area (Å²) in [7, 11) is 0. The van der Waals surface area contributed by atoms with Gasteiger partial charge in [-0.05, 0) is 30.7 Å². The molecule has 1 aromatic carbocycles. The van der Waals surface area contributed by atoms with Crippen LogP contribution >= 0.6 is 0 Å². The van der Waals surface area contributed by atoms with E-state index >= 15 is 0 Å². The van der Waals surface area contributed by atoms with E-state index in [1.165, 1.54) is 12.1 Å². The number of nitro groups is 1. The Balaban J connectivity index is 2.03. The van der Waals surface area contributed by atoms with Gasteiger partial charge in [0.15, 0.2) is 0 Å². The van der Waals surface area contributed by atoms with Gasteiger partial charge >= 0.3 is 0 Å². The van der Waals surface area contributed by atoms with Crippen LogP contribution in [-0.2, 0) is 6.42 Å². The van der Waals surface area contributed by atoms with Crippen LogP contribution in [0.15, 0.2) is 29.4 Å². The number of non-ortho nitro benzene ring substituents is 1. The van der Waals surface area contributed by atoms with Crippen molar-refractivity contribution in [2.45, 2.75) is 38.1 Å². The normalized spacial score (nSPS) is 23.6. The van der Waals surface area contributed by atoms with Gasteiger partial charge in [-0.25, -0.2) is 0 Å². The summed E-state index contributed by atoms with van der Waals surface area (Å²) >= 11 is 0. The number of nitroso groups, excluding NO2 is 1. The van der Waals surface area contributed by atoms with Crippen LogP contribution in [0.5, 0.6) is 0 Å². The molecule has 1 unspecified atom stereocenters. The fourth-order valence-corrected chi connectivity index (χ4v) is 2.62. The summed E-state index contributed by atoms with van der Waals surface area (Å²) in [5.41, 5.74) is 1.15. The van der Waals surface area contributed by atoms with E-state index in [1.807, 2.05) is 0 Å². The number of benzene rings is 1. The number of nitrogens with zero attached hydrogens (tertiary/aromatic N) is 2. The minimum absolute atomic E-state index is 0.0889. The lowest BCUT2D eigenvalue weighted by atomic mass is 9.81. The van der Waals surface area contributed by atoms with Crippen LogP contribution in [0.25, 0.3) is 0 Å². The van der Waals surface area contributed by atoms with Crippen molar-refractivity contribution in [2.75, 3.05) is 0 Å². The lowest BCUT2D eigenvalue weighted by molar-refractivity contribution is -0.384. The van der Waals surface area contributed by atoms with E-state index in [0.717, 1.165) is 37.7 Å². The van der Waals surface area contributed by atoms with Gasteiger partial charge in [0.1, 0.15) is 0 Å². The Morgan fingerprint density at radius 3 is 2.50 bits per heavy atom. The van der Waals surface area contributed by atoms with E-state index in [1.54, 1.807) is 12.1 Å². The third-order valence-electron chi connectivity index (χ3n) is 3.65. The maximum absolute atomic E-state index is 10.8. The van der Waals surface area contributed by atoms with Gasteiger partial charge in [-0.1, -0.05) is 30.2 Å². The Labute approximate surface area is 105 Å². The molecule has 5 heteroatoms. The van der Waals surface area contributed by atoms with E-state index in [-0.39, 0.29) is 17.6 Å². The van der Waals surface area contributed by atoms with Crippen molar-refractivity contribution < 1.29 is 4.92 Å². The van der Waals surface area contributed by atoms with Crippen LogP contribution in [-0.4, -0.2) is 11.0 Å². The quantitative estimate of drug-likeness (QED) is 0.465. The van der Waals surface area contributed by atoms with Crippen molar-refractivity contribution in [1.29, 1.82) is 0 Å². The Morgan fingerprint density at radius 2 is 1.89 bits per heavy atom. The van der Waals surface area contributed by atoms with Gasteiger partial charge in [0.25, 0.3) is 5.69 Å². The Kier molecular flexibility index (Phi) is 4.02. The van der Waals surface area contributed by atoms with Gasteiger partial charge in [-0.15, -0.1) is 0 Å². The van der Waals surface area contributed by atoms with Crippen LogP contribution in [0.2, 0.25) is 0 Å². The van der Waals surface area contributed by atoms with Gasteiger partial charge in [0, 0.05) is 12.1 Å². The summed E-state index contributed by atoms with van der Waals surface area (Å²) in [6.07, 6.45) is 4.90. The molecule has 96 valence electrons.